The van der Waals surface area contributed by atoms with Gasteiger partial charge in [0.25, 0.3) is 0 Å². The molecule has 0 saturated heterocycles. The van der Waals surface area contributed by atoms with Crippen molar-refractivity contribution in [2.75, 3.05) is 0 Å². The van der Waals surface area contributed by atoms with Crippen LogP contribution < -0.4 is 0 Å². The molecule has 16 heavy (non-hydrogen) atoms. The minimum absolute atomic E-state index is 0.526. The fraction of sp³-hybridized carbons (Fsp3) is 1.00. The van der Waals surface area contributed by atoms with E-state index in [9.17, 15) is 0 Å². The van der Waals surface area contributed by atoms with Crippen LogP contribution in [-0.4, -0.2) is 0 Å². The molecule has 0 heteroatoms. The maximum absolute atomic E-state index is 2.50. The third-order valence-corrected chi connectivity index (χ3v) is 5.49. The fourth-order valence-electron chi connectivity index (χ4n) is 2.75. The average Bonchev–Trinajstić information content (AvgIpc) is 2.26. The van der Waals surface area contributed by atoms with Crippen LogP contribution in [0.3, 0.4) is 0 Å². The maximum Gasteiger partial charge on any atom is -0.0277 e. The first-order valence-electron chi connectivity index (χ1n) is 7.29. The predicted octanol–water partition coefficient (Wildman–Crippen LogP) is 5.77. The molecule has 0 aromatic heterocycles. The summed E-state index contributed by atoms with van der Waals surface area (Å²) in [6, 6.07) is 0. The van der Waals surface area contributed by atoms with E-state index in [0.29, 0.717) is 5.41 Å². The third-order valence-electron chi connectivity index (χ3n) is 5.49. The molecule has 0 N–H and O–H groups in total. The summed E-state index contributed by atoms with van der Waals surface area (Å²) >= 11 is 0. The van der Waals surface area contributed by atoms with Crippen LogP contribution in [0, 0.1) is 29.1 Å². The van der Waals surface area contributed by atoms with Crippen molar-refractivity contribution < 1.29 is 0 Å². The second kappa shape index (κ2) is 6.67. The third kappa shape index (κ3) is 3.79. The van der Waals surface area contributed by atoms with Crippen molar-refractivity contribution in [1.82, 2.24) is 0 Å². The van der Waals surface area contributed by atoms with Gasteiger partial charge in [0.15, 0.2) is 0 Å². The molecule has 0 rings (SSSR count). The van der Waals surface area contributed by atoms with Crippen molar-refractivity contribution in [2.24, 2.45) is 29.1 Å². The Morgan fingerprint density at radius 2 is 1.38 bits per heavy atom. The summed E-state index contributed by atoms with van der Waals surface area (Å²) in [4.78, 5) is 0. The van der Waals surface area contributed by atoms with Gasteiger partial charge >= 0.3 is 0 Å². The second-order valence-electron chi connectivity index (χ2n) is 6.53. The van der Waals surface area contributed by atoms with Crippen LogP contribution in [0.15, 0.2) is 0 Å². The second-order valence-corrected chi connectivity index (χ2v) is 6.53. The summed E-state index contributed by atoms with van der Waals surface area (Å²) in [5.74, 6) is 3.35. The quantitative estimate of drug-likeness (QED) is 0.517. The van der Waals surface area contributed by atoms with Crippen LogP contribution in [-0.2, 0) is 0 Å². The molecule has 0 heterocycles. The van der Waals surface area contributed by atoms with E-state index >= 15 is 0 Å². The van der Waals surface area contributed by atoms with Gasteiger partial charge in [-0.1, -0.05) is 68.2 Å². The molecule has 0 fully saturated rings. The Kier molecular flexibility index (Phi) is 6.67. The van der Waals surface area contributed by atoms with Gasteiger partial charge in [0.2, 0.25) is 0 Å². The van der Waals surface area contributed by atoms with E-state index in [2.05, 4.69) is 55.4 Å². The summed E-state index contributed by atoms with van der Waals surface area (Å²) in [6.07, 6.45) is 4.01. The molecule has 0 aromatic carbocycles. The van der Waals surface area contributed by atoms with Gasteiger partial charge in [-0.25, -0.2) is 0 Å². The minimum atomic E-state index is 0.526. The lowest BCUT2D eigenvalue weighted by Gasteiger charge is -2.42. The van der Waals surface area contributed by atoms with Gasteiger partial charge in [-0.2, -0.15) is 0 Å². The Morgan fingerprint density at radius 1 is 0.875 bits per heavy atom. The van der Waals surface area contributed by atoms with Gasteiger partial charge in [0.1, 0.15) is 0 Å². The summed E-state index contributed by atoms with van der Waals surface area (Å²) in [5.41, 5.74) is 0.526. The highest BCUT2D eigenvalue weighted by atomic mass is 14.4. The van der Waals surface area contributed by atoms with Crippen molar-refractivity contribution in [3.8, 4) is 0 Å². The normalized spacial score (nSPS) is 21.6. The molecular weight excluding hydrogens is 192 g/mol. The van der Waals surface area contributed by atoms with Crippen LogP contribution in [0.25, 0.3) is 0 Å². The first-order chi connectivity index (χ1) is 7.29. The SMILES string of the molecule is CCC(C)C(C)(CC)C(C)CC(C)C(C)C. The van der Waals surface area contributed by atoms with E-state index in [1.807, 2.05) is 0 Å². The van der Waals surface area contributed by atoms with Gasteiger partial charge in [0.05, 0.1) is 0 Å². The molecule has 0 aliphatic heterocycles. The molecule has 0 amide bonds. The maximum atomic E-state index is 2.50. The summed E-state index contributed by atoms with van der Waals surface area (Å²) in [6.45, 7) is 19.2. The number of hydrogen-bond acceptors (Lipinski definition) is 0. The van der Waals surface area contributed by atoms with Crippen molar-refractivity contribution >= 4 is 0 Å². The summed E-state index contributed by atoms with van der Waals surface area (Å²) in [7, 11) is 0. The Labute approximate surface area is 104 Å². The molecule has 0 aromatic rings. The highest BCUT2D eigenvalue weighted by Gasteiger charge is 2.34. The lowest BCUT2D eigenvalue weighted by molar-refractivity contribution is 0.0812. The number of hydrogen-bond donors (Lipinski definition) is 0. The lowest BCUT2D eigenvalue weighted by atomic mass is 9.64. The van der Waals surface area contributed by atoms with Crippen molar-refractivity contribution in [2.45, 2.75) is 74.7 Å². The standard InChI is InChI=1S/C16H34/c1-9-14(6)16(8,10-2)15(7)11-13(5)12(3)4/h12-15H,9-11H2,1-8H3. The zero-order valence-corrected chi connectivity index (χ0v) is 12.9. The highest BCUT2D eigenvalue weighted by Crippen LogP contribution is 2.43. The minimum Gasteiger partial charge on any atom is -0.0651 e. The Hall–Kier alpha value is 0. The molecule has 0 aliphatic rings. The van der Waals surface area contributed by atoms with E-state index in [-0.39, 0.29) is 0 Å². The van der Waals surface area contributed by atoms with Crippen LogP contribution in [0.1, 0.15) is 74.7 Å². The Bertz CT molecular complexity index is 182. The molecular formula is C16H34. The van der Waals surface area contributed by atoms with Gasteiger partial charge in [-0.15, -0.1) is 0 Å². The van der Waals surface area contributed by atoms with E-state index in [0.717, 1.165) is 23.7 Å². The van der Waals surface area contributed by atoms with Gasteiger partial charge in [-0.05, 0) is 35.5 Å². The molecule has 4 atom stereocenters. The molecule has 0 radical (unpaired) electrons. The number of rotatable bonds is 7. The van der Waals surface area contributed by atoms with Gasteiger partial charge in [-0.3, -0.25) is 0 Å². The largest absolute Gasteiger partial charge is 0.0651 e. The average molecular weight is 226 g/mol. The van der Waals surface area contributed by atoms with Gasteiger partial charge in [0, 0.05) is 0 Å². The highest BCUT2D eigenvalue weighted by molar-refractivity contribution is 4.84. The summed E-state index contributed by atoms with van der Waals surface area (Å²) in [5, 5.41) is 0. The Balaban J connectivity index is 4.58. The van der Waals surface area contributed by atoms with Crippen LogP contribution >= 0.6 is 0 Å². The van der Waals surface area contributed by atoms with E-state index in [1.165, 1.54) is 19.3 Å². The molecule has 0 spiro atoms. The molecule has 0 nitrogen and oxygen atoms in total. The van der Waals surface area contributed by atoms with Crippen LogP contribution in [0.4, 0.5) is 0 Å². The molecule has 4 unspecified atom stereocenters. The van der Waals surface area contributed by atoms with E-state index in [1.54, 1.807) is 0 Å². The smallest absolute Gasteiger partial charge is 0.0277 e. The molecule has 0 saturated carbocycles. The first kappa shape index (κ1) is 16.0. The summed E-state index contributed by atoms with van der Waals surface area (Å²) < 4.78 is 0. The zero-order chi connectivity index (χ0) is 12.9. The topological polar surface area (TPSA) is 0 Å². The van der Waals surface area contributed by atoms with Crippen molar-refractivity contribution in [1.29, 1.82) is 0 Å². The van der Waals surface area contributed by atoms with Gasteiger partial charge < -0.3 is 0 Å². The molecule has 0 aliphatic carbocycles. The van der Waals surface area contributed by atoms with Crippen molar-refractivity contribution in [3.63, 3.8) is 0 Å². The lowest BCUT2D eigenvalue weighted by Crippen LogP contribution is -2.33. The monoisotopic (exact) mass is 226 g/mol. The molecule has 0 bridgehead atoms. The molecule has 98 valence electrons. The predicted molar refractivity (Wildman–Crippen MR) is 75.6 cm³/mol. The van der Waals surface area contributed by atoms with Crippen LogP contribution in [0.2, 0.25) is 0 Å². The fourth-order valence-corrected chi connectivity index (χ4v) is 2.75. The van der Waals surface area contributed by atoms with E-state index < -0.39 is 0 Å². The van der Waals surface area contributed by atoms with E-state index in [4.69, 9.17) is 0 Å². The zero-order valence-electron chi connectivity index (χ0n) is 12.9. The van der Waals surface area contributed by atoms with Crippen LogP contribution in [0.5, 0.6) is 0 Å². The first-order valence-corrected chi connectivity index (χ1v) is 7.29. The van der Waals surface area contributed by atoms with Crippen molar-refractivity contribution in [3.05, 3.63) is 0 Å². The Morgan fingerprint density at radius 3 is 1.69 bits per heavy atom.